The summed E-state index contributed by atoms with van der Waals surface area (Å²) in [5.41, 5.74) is 5.40. The summed E-state index contributed by atoms with van der Waals surface area (Å²) < 4.78 is 0. The molecule has 0 saturated carbocycles. The number of aromatic nitrogens is 3. The van der Waals surface area contributed by atoms with E-state index >= 15 is 0 Å². The molecule has 3 rings (SSSR count). The normalized spacial score (nSPS) is 11.8. The smallest absolute Gasteiger partial charge is 0.320 e. The molecule has 0 saturated heterocycles. The van der Waals surface area contributed by atoms with E-state index in [2.05, 4.69) is 51.6 Å². The van der Waals surface area contributed by atoms with Crippen LogP contribution in [0.4, 0.5) is 10.6 Å². The highest BCUT2D eigenvalue weighted by molar-refractivity contribution is 5.87. The van der Waals surface area contributed by atoms with Gasteiger partial charge in [-0.3, -0.25) is 5.32 Å². The Morgan fingerprint density at radius 1 is 1.16 bits per heavy atom. The first kappa shape index (κ1) is 16.7. The maximum atomic E-state index is 11.6. The average Bonchev–Trinajstić information content (AvgIpc) is 3.13. The molecule has 6 heteroatoms. The predicted octanol–water partition coefficient (Wildman–Crippen LogP) is 3.35. The second-order valence-electron chi connectivity index (χ2n) is 5.88. The number of carbonyl (C=O) groups excluding carboxylic acids is 1. The predicted molar refractivity (Wildman–Crippen MR) is 97.8 cm³/mol. The first-order chi connectivity index (χ1) is 12.1. The number of hydrogen-bond donors (Lipinski definition) is 3. The molecule has 2 heterocycles. The van der Waals surface area contributed by atoms with Crippen molar-refractivity contribution in [1.82, 2.24) is 20.3 Å². The van der Waals surface area contributed by atoms with Crippen molar-refractivity contribution in [1.29, 1.82) is 0 Å². The number of pyridine rings is 1. The Morgan fingerprint density at radius 2 is 1.96 bits per heavy atom. The van der Waals surface area contributed by atoms with E-state index in [-0.39, 0.29) is 11.9 Å². The van der Waals surface area contributed by atoms with Crippen LogP contribution in [0, 0.1) is 13.8 Å². The number of nitrogens with one attached hydrogen (secondary N) is 3. The first-order valence-corrected chi connectivity index (χ1v) is 8.10. The van der Waals surface area contributed by atoms with E-state index in [1.807, 2.05) is 24.4 Å². The van der Waals surface area contributed by atoms with E-state index in [0.29, 0.717) is 5.82 Å². The van der Waals surface area contributed by atoms with Crippen molar-refractivity contribution < 1.29 is 4.79 Å². The number of hydrogen-bond acceptors (Lipinski definition) is 3. The standard InChI is InChI=1S/C19H21N5O/c1-12-6-4-7-14(13(12)2)18(16-10-21-11-22-16)15-8-5-9-17(23-15)24-19(25)20-3/h4-11,18H,1-3H3,(H,21,22)(H2,20,23,24,25). The summed E-state index contributed by atoms with van der Waals surface area (Å²) in [5.74, 6) is 0.417. The highest BCUT2D eigenvalue weighted by Crippen LogP contribution is 2.33. The SMILES string of the molecule is CNC(=O)Nc1cccc(C(c2cnc[nH]2)c2cccc(C)c2C)n1. The molecule has 3 aromatic rings. The molecule has 0 bridgehead atoms. The quantitative estimate of drug-likeness (QED) is 0.684. The van der Waals surface area contributed by atoms with Gasteiger partial charge in [-0.2, -0.15) is 0 Å². The fourth-order valence-electron chi connectivity index (χ4n) is 2.86. The van der Waals surface area contributed by atoms with E-state index in [4.69, 9.17) is 0 Å². The van der Waals surface area contributed by atoms with Crippen molar-refractivity contribution in [2.45, 2.75) is 19.8 Å². The first-order valence-electron chi connectivity index (χ1n) is 8.10. The minimum absolute atomic E-state index is 0.0890. The third-order valence-electron chi connectivity index (χ3n) is 4.32. The van der Waals surface area contributed by atoms with Gasteiger partial charge in [0.15, 0.2) is 0 Å². The minimum Gasteiger partial charge on any atom is -0.348 e. The number of imidazole rings is 1. The van der Waals surface area contributed by atoms with Gasteiger partial charge in [0.2, 0.25) is 0 Å². The lowest BCUT2D eigenvalue weighted by Gasteiger charge is -2.20. The van der Waals surface area contributed by atoms with E-state index in [9.17, 15) is 4.79 Å². The molecule has 0 aliphatic heterocycles. The molecule has 6 nitrogen and oxygen atoms in total. The Morgan fingerprint density at radius 3 is 2.68 bits per heavy atom. The number of anilines is 1. The largest absolute Gasteiger partial charge is 0.348 e. The van der Waals surface area contributed by atoms with Crippen molar-refractivity contribution in [3.63, 3.8) is 0 Å². The summed E-state index contributed by atoms with van der Waals surface area (Å²) >= 11 is 0. The number of amides is 2. The van der Waals surface area contributed by atoms with Crippen molar-refractivity contribution in [3.05, 3.63) is 77.0 Å². The molecule has 2 amide bonds. The van der Waals surface area contributed by atoms with Crippen molar-refractivity contribution in [2.75, 3.05) is 12.4 Å². The molecule has 2 aromatic heterocycles. The van der Waals surface area contributed by atoms with Gasteiger partial charge in [-0.1, -0.05) is 24.3 Å². The van der Waals surface area contributed by atoms with Gasteiger partial charge in [-0.15, -0.1) is 0 Å². The van der Waals surface area contributed by atoms with Gasteiger partial charge in [-0.05, 0) is 42.7 Å². The summed E-state index contributed by atoms with van der Waals surface area (Å²) in [7, 11) is 1.57. The molecule has 0 aliphatic rings. The summed E-state index contributed by atoms with van der Waals surface area (Å²) in [6.07, 6.45) is 3.48. The van der Waals surface area contributed by atoms with Crippen LogP contribution < -0.4 is 10.6 Å². The van der Waals surface area contributed by atoms with Gasteiger partial charge in [0.25, 0.3) is 0 Å². The minimum atomic E-state index is -0.297. The van der Waals surface area contributed by atoms with Crippen molar-refractivity contribution >= 4 is 11.8 Å². The number of H-pyrrole nitrogens is 1. The van der Waals surface area contributed by atoms with E-state index in [1.54, 1.807) is 19.4 Å². The molecule has 1 unspecified atom stereocenters. The van der Waals surface area contributed by atoms with Gasteiger partial charge < -0.3 is 10.3 Å². The van der Waals surface area contributed by atoms with Gasteiger partial charge in [0.05, 0.1) is 17.9 Å². The van der Waals surface area contributed by atoms with Gasteiger partial charge in [0, 0.05) is 18.9 Å². The number of rotatable bonds is 4. The second kappa shape index (κ2) is 7.17. The highest BCUT2D eigenvalue weighted by Gasteiger charge is 2.22. The fourth-order valence-corrected chi connectivity index (χ4v) is 2.86. The number of urea groups is 1. The third-order valence-corrected chi connectivity index (χ3v) is 4.32. The zero-order chi connectivity index (χ0) is 17.8. The monoisotopic (exact) mass is 335 g/mol. The fraction of sp³-hybridized carbons (Fsp3) is 0.211. The van der Waals surface area contributed by atoms with Crippen LogP contribution in [0.1, 0.15) is 34.0 Å². The summed E-state index contributed by atoms with van der Waals surface area (Å²) in [5, 5.41) is 5.25. The van der Waals surface area contributed by atoms with E-state index < -0.39 is 0 Å². The van der Waals surface area contributed by atoms with Crippen LogP contribution in [-0.2, 0) is 0 Å². The maximum absolute atomic E-state index is 11.6. The molecule has 1 aromatic carbocycles. The lowest BCUT2D eigenvalue weighted by Crippen LogP contribution is -2.25. The van der Waals surface area contributed by atoms with Gasteiger partial charge in [-0.25, -0.2) is 14.8 Å². The lowest BCUT2D eigenvalue weighted by molar-refractivity contribution is 0.254. The number of carbonyl (C=O) groups is 1. The molecule has 25 heavy (non-hydrogen) atoms. The molecular formula is C19H21N5O. The summed E-state index contributed by atoms with van der Waals surface area (Å²) in [6, 6.07) is 11.6. The number of nitrogens with zero attached hydrogens (tertiary/aromatic N) is 2. The molecule has 0 spiro atoms. The molecular weight excluding hydrogens is 314 g/mol. The van der Waals surface area contributed by atoms with Crippen LogP contribution in [0.3, 0.4) is 0 Å². The summed E-state index contributed by atoms with van der Waals surface area (Å²) in [4.78, 5) is 23.6. The van der Waals surface area contributed by atoms with Crippen molar-refractivity contribution in [3.8, 4) is 0 Å². The molecule has 0 radical (unpaired) electrons. The highest BCUT2D eigenvalue weighted by atomic mass is 16.2. The van der Waals surface area contributed by atoms with Crippen molar-refractivity contribution in [2.24, 2.45) is 0 Å². The Balaban J connectivity index is 2.09. The average molecular weight is 335 g/mol. The third kappa shape index (κ3) is 3.52. The van der Waals surface area contributed by atoms with Crippen LogP contribution in [-0.4, -0.2) is 28.0 Å². The molecule has 0 fully saturated rings. The number of aryl methyl sites for hydroxylation is 1. The van der Waals surface area contributed by atoms with Gasteiger partial charge >= 0.3 is 6.03 Å². The van der Waals surface area contributed by atoms with Crippen LogP contribution in [0.15, 0.2) is 48.9 Å². The zero-order valence-corrected chi connectivity index (χ0v) is 14.5. The Bertz CT molecular complexity index is 873. The molecule has 0 aliphatic carbocycles. The number of aromatic amines is 1. The Labute approximate surface area is 146 Å². The molecule has 1 atom stereocenters. The van der Waals surface area contributed by atoms with Gasteiger partial charge in [0.1, 0.15) is 5.82 Å². The Kier molecular flexibility index (Phi) is 4.79. The summed E-state index contributed by atoms with van der Waals surface area (Å²) in [6.45, 7) is 4.21. The van der Waals surface area contributed by atoms with Crippen LogP contribution in [0.2, 0.25) is 0 Å². The zero-order valence-electron chi connectivity index (χ0n) is 14.5. The molecule has 128 valence electrons. The van der Waals surface area contributed by atoms with Crippen LogP contribution in [0.5, 0.6) is 0 Å². The maximum Gasteiger partial charge on any atom is 0.320 e. The topological polar surface area (TPSA) is 82.7 Å². The van der Waals surface area contributed by atoms with E-state index in [0.717, 1.165) is 17.0 Å². The van der Waals surface area contributed by atoms with E-state index in [1.165, 1.54) is 11.1 Å². The second-order valence-corrected chi connectivity index (χ2v) is 5.88. The lowest BCUT2D eigenvalue weighted by atomic mass is 9.87. The van der Waals surface area contributed by atoms with Crippen LogP contribution in [0.25, 0.3) is 0 Å². The Hall–Kier alpha value is -3.15. The van der Waals surface area contributed by atoms with Crippen LogP contribution >= 0.6 is 0 Å². The number of benzene rings is 1. The molecule has 3 N–H and O–H groups in total.